The maximum Gasteiger partial charge on any atom is 0.313 e. The highest BCUT2D eigenvalue weighted by molar-refractivity contribution is 7.93. The lowest BCUT2D eigenvalue weighted by molar-refractivity contribution is -0.113. The van der Waals surface area contributed by atoms with Crippen LogP contribution < -0.4 is 4.31 Å². The number of benzene rings is 2. The highest BCUT2D eigenvalue weighted by Crippen LogP contribution is 2.38. The molecule has 5 nitrogen and oxygen atoms in total. The van der Waals surface area contributed by atoms with Gasteiger partial charge in [0.1, 0.15) is 11.5 Å². The zero-order chi connectivity index (χ0) is 17.8. The number of carbonyl (C=O) groups is 2. The lowest BCUT2D eigenvalue weighted by Crippen LogP contribution is -2.36. The molecule has 1 aliphatic rings. The van der Waals surface area contributed by atoms with E-state index in [-0.39, 0.29) is 10.4 Å². The Balaban J connectivity index is 2.30. The number of rotatable bonds is 2. The van der Waals surface area contributed by atoms with E-state index in [0.29, 0.717) is 5.56 Å². The summed E-state index contributed by atoms with van der Waals surface area (Å²) in [5, 5.41) is 0. The predicted molar refractivity (Wildman–Crippen MR) is 76.5 cm³/mol. The third kappa shape index (κ3) is 2.12. The van der Waals surface area contributed by atoms with Crippen LogP contribution in [0.15, 0.2) is 35.2 Å². The number of hydrogen-bond donors (Lipinski definition) is 0. The van der Waals surface area contributed by atoms with Crippen LogP contribution in [0.4, 0.5) is 18.9 Å². The Morgan fingerprint density at radius 2 is 1.54 bits per heavy atom. The summed E-state index contributed by atoms with van der Waals surface area (Å²) in [5.41, 5.74) is -1.63. The number of carbonyl (C=O) groups excluding carboxylic acids is 2. The van der Waals surface area contributed by atoms with Crippen molar-refractivity contribution < 1.29 is 31.2 Å². The topological polar surface area (TPSA) is 71.5 Å². The highest BCUT2D eigenvalue weighted by Gasteiger charge is 2.48. The molecule has 0 saturated carbocycles. The molecule has 3 rings (SSSR count). The van der Waals surface area contributed by atoms with Gasteiger partial charge in [0.05, 0.1) is 10.5 Å². The molecule has 0 N–H and O–H groups in total. The molecule has 2 aromatic carbocycles. The lowest BCUT2D eigenvalue weighted by atomic mass is 10.1. The van der Waals surface area contributed by atoms with Crippen molar-refractivity contribution >= 4 is 27.4 Å². The molecule has 1 amide bonds. The van der Waals surface area contributed by atoms with Gasteiger partial charge in [0.2, 0.25) is 0 Å². The second-order valence-electron chi connectivity index (χ2n) is 5.09. The number of halogens is 3. The monoisotopic (exact) mass is 355 g/mol. The van der Waals surface area contributed by atoms with Crippen molar-refractivity contribution in [1.82, 2.24) is 0 Å². The Labute approximate surface area is 134 Å². The van der Waals surface area contributed by atoms with Gasteiger partial charge in [-0.1, -0.05) is 17.7 Å². The molecule has 0 bridgehead atoms. The molecule has 1 heterocycles. The quantitative estimate of drug-likeness (QED) is 0.612. The number of amides is 1. The molecule has 0 aliphatic carbocycles. The van der Waals surface area contributed by atoms with Gasteiger partial charge in [-0.05, 0) is 19.1 Å². The fourth-order valence-electron chi connectivity index (χ4n) is 2.34. The van der Waals surface area contributed by atoms with Crippen molar-refractivity contribution in [2.45, 2.75) is 11.8 Å². The molecule has 0 atom stereocenters. The first-order valence-electron chi connectivity index (χ1n) is 6.54. The molecule has 124 valence electrons. The van der Waals surface area contributed by atoms with Gasteiger partial charge < -0.3 is 0 Å². The Hall–Kier alpha value is -2.68. The average molecular weight is 355 g/mol. The van der Waals surface area contributed by atoms with Crippen LogP contribution in [0, 0.1) is 24.4 Å². The minimum Gasteiger partial charge on any atom is -0.283 e. The van der Waals surface area contributed by atoms with Gasteiger partial charge in [0.15, 0.2) is 11.6 Å². The van der Waals surface area contributed by atoms with Crippen LogP contribution in [0.2, 0.25) is 0 Å². The van der Waals surface area contributed by atoms with Gasteiger partial charge in [-0.15, -0.1) is 0 Å². The summed E-state index contributed by atoms with van der Waals surface area (Å²) in [7, 11) is -4.72. The van der Waals surface area contributed by atoms with E-state index in [4.69, 9.17) is 0 Å². The Morgan fingerprint density at radius 1 is 0.958 bits per heavy atom. The van der Waals surface area contributed by atoms with Crippen LogP contribution in [0.25, 0.3) is 0 Å². The molecule has 0 spiro atoms. The third-order valence-electron chi connectivity index (χ3n) is 3.51. The summed E-state index contributed by atoms with van der Waals surface area (Å²) in [4.78, 5) is 23.4. The fraction of sp³-hybridized carbons (Fsp3) is 0.0667. The fourth-order valence-corrected chi connectivity index (χ4v) is 3.74. The second kappa shape index (κ2) is 5.17. The van der Waals surface area contributed by atoms with Gasteiger partial charge >= 0.3 is 5.91 Å². The molecular formula is C15H8F3NO4S. The minimum atomic E-state index is -4.72. The zero-order valence-electron chi connectivity index (χ0n) is 12.0. The Morgan fingerprint density at radius 3 is 2.12 bits per heavy atom. The number of aryl methyl sites for hydroxylation is 1. The van der Waals surface area contributed by atoms with Crippen LogP contribution in [-0.4, -0.2) is 20.1 Å². The number of Topliss-reactive ketones (excluding diaryl/α,β-unsaturated/α-hetero) is 1. The summed E-state index contributed by atoms with van der Waals surface area (Å²) < 4.78 is 66.2. The summed E-state index contributed by atoms with van der Waals surface area (Å²) in [5.74, 6) is -8.24. The predicted octanol–water partition coefficient (Wildman–Crippen LogP) is 2.33. The molecular weight excluding hydrogens is 347 g/mol. The van der Waals surface area contributed by atoms with Gasteiger partial charge in [0, 0.05) is 6.07 Å². The molecule has 0 saturated heterocycles. The first-order chi connectivity index (χ1) is 11.2. The number of ketones is 1. The summed E-state index contributed by atoms with van der Waals surface area (Å²) in [6.07, 6.45) is 0. The van der Waals surface area contributed by atoms with Crippen molar-refractivity contribution in [3.05, 3.63) is 58.9 Å². The van der Waals surface area contributed by atoms with Crippen molar-refractivity contribution in [3.63, 3.8) is 0 Å². The Bertz CT molecular complexity index is 1000. The van der Waals surface area contributed by atoms with Crippen LogP contribution in [0.1, 0.15) is 15.9 Å². The molecule has 9 heteroatoms. The van der Waals surface area contributed by atoms with Gasteiger partial charge in [0.25, 0.3) is 15.8 Å². The van der Waals surface area contributed by atoms with E-state index in [2.05, 4.69) is 0 Å². The van der Waals surface area contributed by atoms with E-state index in [9.17, 15) is 31.2 Å². The summed E-state index contributed by atoms with van der Waals surface area (Å²) in [6, 6.07) is 5.18. The Kier molecular flexibility index (Phi) is 3.48. The van der Waals surface area contributed by atoms with Crippen LogP contribution in [0.3, 0.4) is 0 Å². The molecule has 0 aromatic heterocycles. The van der Waals surface area contributed by atoms with E-state index >= 15 is 0 Å². The van der Waals surface area contributed by atoms with E-state index in [1.807, 2.05) is 0 Å². The van der Waals surface area contributed by atoms with Crippen molar-refractivity contribution in [3.8, 4) is 0 Å². The summed E-state index contributed by atoms with van der Waals surface area (Å²) >= 11 is 0. The second-order valence-corrected chi connectivity index (χ2v) is 6.88. The number of nitrogens with zero attached hydrogens (tertiary/aromatic N) is 1. The first kappa shape index (κ1) is 16.2. The van der Waals surface area contributed by atoms with Crippen molar-refractivity contribution in [2.75, 3.05) is 4.31 Å². The number of fused-ring (bicyclic) bond motifs is 1. The van der Waals surface area contributed by atoms with E-state index in [1.54, 1.807) is 6.92 Å². The van der Waals surface area contributed by atoms with Crippen molar-refractivity contribution in [2.24, 2.45) is 0 Å². The van der Waals surface area contributed by atoms with Crippen molar-refractivity contribution in [1.29, 1.82) is 0 Å². The van der Waals surface area contributed by atoms with Crippen LogP contribution in [-0.2, 0) is 14.8 Å². The van der Waals surface area contributed by atoms with E-state index in [1.165, 1.54) is 12.1 Å². The van der Waals surface area contributed by atoms with Gasteiger partial charge in [-0.25, -0.2) is 21.6 Å². The SMILES string of the molecule is Cc1ccc(S(=O)(=O)N2C(=O)C(=O)c3c(F)cc(F)c(F)c32)cc1. The van der Waals surface area contributed by atoms with Crippen LogP contribution >= 0.6 is 0 Å². The molecule has 0 unspecified atom stereocenters. The van der Waals surface area contributed by atoms with Gasteiger partial charge in [-0.3, -0.25) is 9.59 Å². The summed E-state index contributed by atoms with van der Waals surface area (Å²) in [6.45, 7) is 1.68. The number of anilines is 1. The maximum absolute atomic E-state index is 14.0. The van der Waals surface area contributed by atoms with Gasteiger partial charge in [-0.2, -0.15) is 4.31 Å². The van der Waals surface area contributed by atoms with Crippen LogP contribution in [0.5, 0.6) is 0 Å². The lowest BCUT2D eigenvalue weighted by Gasteiger charge is -2.17. The van der Waals surface area contributed by atoms with E-state index < -0.39 is 55.3 Å². The number of hydrogen-bond acceptors (Lipinski definition) is 4. The normalized spacial score (nSPS) is 14.2. The molecule has 0 radical (unpaired) electrons. The molecule has 2 aromatic rings. The molecule has 0 fully saturated rings. The maximum atomic E-state index is 14.0. The third-order valence-corrected chi connectivity index (χ3v) is 5.21. The smallest absolute Gasteiger partial charge is 0.283 e. The first-order valence-corrected chi connectivity index (χ1v) is 7.98. The largest absolute Gasteiger partial charge is 0.313 e. The standard InChI is InChI=1S/C15H8F3NO4S/c1-7-2-4-8(5-3-7)24(22,23)19-13-11(14(20)15(19)21)9(16)6-10(17)12(13)18/h2-6H,1H3. The van der Waals surface area contributed by atoms with E-state index in [0.717, 1.165) is 12.1 Å². The zero-order valence-corrected chi connectivity index (χ0v) is 12.8. The number of sulfonamides is 1. The molecule has 1 aliphatic heterocycles. The average Bonchev–Trinajstić information content (AvgIpc) is 2.78. The molecule has 24 heavy (non-hydrogen) atoms. The minimum absolute atomic E-state index is 0.0847. The highest BCUT2D eigenvalue weighted by atomic mass is 32.2.